The van der Waals surface area contributed by atoms with Crippen LogP contribution >= 0.6 is 11.6 Å². The van der Waals surface area contributed by atoms with Crippen LogP contribution in [0.15, 0.2) is 30.5 Å². The van der Waals surface area contributed by atoms with E-state index in [9.17, 15) is 5.11 Å². The van der Waals surface area contributed by atoms with Crippen LogP contribution in [0.1, 0.15) is 57.1 Å². The predicted molar refractivity (Wildman–Crippen MR) is 85.1 cm³/mol. The molecule has 0 aliphatic heterocycles. The van der Waals surface area contributed by atoms with Gasteiger partial charge in [0.25, 0.3) is 0 Å². The zero-order chi connectivity index (χ0) is 14.4. The fraction of sp³-hybridized carbons (Fsp3) is 0.471. The van der Waals surface area contributed by atoms with E-state index in [0.717, 1.165) is 29.3 Å². The van der Waals surface area contributed by atoms with E-state index < -0.39 is 6.10 Å². The summed E-state index contributed by atoms with van der Waals surface area (Å²) in [6.45, 7) is 2.21. The molecule has 0 aliphatic rings. The number of fused-ring (bicyclic) bond motifs is 1. The quantitative estimate of drug-likeness (QED) is 0.704. The maximum absolute atomic E-state index is 10.4. The first-order chi connectivity index (χ1) is 9.74. The molecule has 20 heavy (non-hydrogen) atoms. The molecule has 0 amide bonds. The third-order valence-corrected chi connectivity index (χ3v) is 4.02. The number of rotatable bonds is 7. The molecular formula is C17H22ClNO. The number of aromatic nitrogens is 1. The molecule has 0 bridgehead atoms. The minimum atomic E-state index is -0.453. The van der Waals surface area contributed by atoms with Crippen LogP contribution in [0.5, 0.6) is 0 Å². The summed E-state index contributed by atoms with van der Waals surface area (Å²) in [7, 11) is 0. The molecule has 1 N–H and O–H groups in total. The van der Waals surface area contributed by atoms with Gasteiger partial charge in [-0.2, -0.15) is 0 Å². The van der Waals surface area contributed by atoms with Crippen molar-refractivity contribution in [3.63, 3.8) is 0 Å². The van der Waals surface area contributed by atoms with Crippen LogP contribution in [0.2, 0.25) is 5.02 Å². The number of aliphatic hydroxyl groups excluding tert-OH is 1. The second-order valence-electron chi connectivity index (χ2n) is 5.25. The van der Waals surface area contributed by atoms with Gasteiger partial charge in [0.2, 0.25) is 0 Å². The zero-order valence-electron chi connectivity index (χ0n) is 12.0. The Balaban J connectivity index is 2.06. The fourth-order valence-electron chi connectivity index (χ4n) is 2.53. The van der Waals surface area contributed by atoms with Gasteiger partial charge in [-0.15, -0.1) is 0 Å². The van der Waals surface area contributed by atoms with Gasteiger partial charge in [0, 0.05) is 22.2 Å². The standard InChI is InChI=1S/C17H22ClNO/c1-2-3-4-5-6-9-16(20)14-10-11-15(18)13-8-7-12-19-17(13)14/h7-8,10-12,16,20H,2-6,9H2,1H3. The number of benzene rings is 1. The number of aliphatic hydroxyl groups is 1. The average molecular weight is 292 g/mol. The number of pyridine rings is 1. The summed E-state index contributed by atoms with van der Waals surface area (Å²) in [5.41, 5.74) is 1.71. The lowest BCUT2D eigenvalue weighted by Gasteiger charge is -2.13. The predicted octanol–water partition coefficient (Wildman–Crippen LogP) is 5.28. The first-order valence-electron chi connectivity index (χ1n) is 7.45. The van der Waals surface area contributed by atoms with Crippen molar-refractivity contribution in [1.82, 2.24) is 4.98 Å². The number of nitrogens with zero attached hydrogens (tertiary/aromatic N) is 1. The second-order valence-corrected chi connectivity index (χ2v) is 5.66. The topological polar surface area (TPSA) is 33.1 Å². The van der Waals surface area contributed by atoms with Crippen LogP contribution in [-0.2, 0) is 0 Å². The highest BCUT2D eigenvalue weighted by Crippen LogP contribution is 2.30. The van der Waals surface area contributed by atoms with E-state index in [2.05, 4.69) is 11.9 Å². The Morgan fingerprint density at radius 1 is 1.15 bits per heavy atom. The van der Waals surface area contributed by atoms with E-state index in [1.807, 2.05) is 24.3 Å². The van der Waals surface area contributed by atoms with E-state index >= 15 is 0 Å². The maximum Gasteiger partial charge on any atom is 0.0811 e. The minimum absolute atomic E-state index is 0.453. The Labute approximate surface area is 125 Å². The molecule has 1 aromatic carbocycles. The SMILES string of the molecule is CCCCCCCC(O)c1ccc(Cl)c2cccnc12. The van der Waals surface area contributed by atoms with Gasteiger partial charge in [-0.05, 0) is 24.6 Å². The molecule has 1 atom stereocenters. The van der Waals surface area contributed by atoms with Crippen molar-refractivity contribution in [1.29, 1.82) is 0 Å². The van der Waals surface area contributed by atoms with E-state index in [-0.39, 0.29) is 0 Å². The van der Waals surface area contributed by atoms with Crippen LogP contribution in [0.25, 0.3) is 10.9 Å². The Kier molecular flexibility index (Phi) is 5.81. The smallest absolute Gasteiger partial charge is 0.0811 e. The van der Waals surface area contributed by atoms with Crippen molar-refractivity contribution in [2.45, 2.75) is 51.6 Å². The van der Waals surface area contributed by atoms with Crippen molar-refractivity contribution in [3.8, 4) is 0 Å². The van der Waals surface area contributed by atoms with Crippen molar-refractivity contribution < 1.29 is 5.11 Å². The second kappa shape index (κ2) is 7.61. The molecule has 2 rings (SSSR count). The van der Waals surface area contributed by atoms with E-state index in [1.54, 1.807) is 6.20 Å². The molecule has 1 unspecified atom stereocenters. The molecule has 0 saturated heterocycles. The molecule has 1 heterocycles. The summed E-state index contributed by atoms with van der Waals surface area (Å²) in [6, 6.07) is 7.56. The van der Waals surface area contributed by atoms with Crippen molar-refractivity contribution in [2.24, 2.45) is 0 Å². The number of unbranched alkanes of at least 4 members (excludes halogenated alkanes) is 4. The monoisotopic (exact) mass is 291 g/mol. The average Bonchev–Trinajstić information content (AvgIpc) is 2.47. The van der Waals surface area contributed by atoms with Gasteiger partial charge in [-0.3, -0.25) is 4.98 Å². The highest BCUT2D eigenvalue weighted by molar-refractivity contribution is 6.35. The van der Waals surface area contributed by atoms with Crippen molar-refractivity contribution >= 4 is 22.5 Å². The molecule has 1 aromatic heterocycles. The third-order valence-electron chi connectivity index (χ3n) is 3.69. The molecule has 3 heteroatoms. The molecule has 0 radical (unpaired) electrons. The number of hydrogen-bond donors (Lipinski definition) is 1. The summed E-state index contributed by atoms with van der Waals surface area (Å²) in [5.74, 6) is 0. The van der Waals surface area contributed by atoms with Crippen LogP contribution in [-0.4, -0.2) is 10.1 Å². The molecule has 0 fully saturated rings. The Bertz CT molecular complexity index is 556. The lowest BCUT2D eigenvalue weighted by atomic mass is 9.99. The molecule has 0 saturated carbocycles. The summed E-state index contributed by atoms with van der Waals surface area (Å²) in [5, 5.41) is 12.0. The molecular weight excluding hydrogens is 270 g/mol. The summed E-state index contributed by atoms with van der Waals surface area (Å²) >= 11 is 6.17. The molecule has 0 aliphatic carbocycles. The molecule has 2 nitrogen and oxygen atoms in total. The van der Waals surface area contributed by atoms with E-state index in [0.29, 0.717) is 5.02 Å². The van der Waals surface area contributed by atoms with Gasteiger partial charge in [0.1, 0.15) is 0 Å². The third kappa shape index (κ3) is 3.71. The first kappa shape index (κ1) is 15.3. The molecule has 108 valence electrons. The summed E-state index contributed by atoms with van der Waals surface area (Å²) in [6.07, 6.45) is 8.10. The number of halogens is 1. The van der Waals surface area contributed by atoms with Crippen molar-refractivity contribution in [3.05, 3.63) is 41.0 Å². The Morgan fingerprint density at radius 2 is 1.95 bits per heavy atom. The zero-order valence-corrected chi connectivity index (χ0v) is 12.7. The van der Waals surface area contributed by atoms with Crippen LogP contribution in [0.4, 0.5) is 0 Å². The van der Waals surface area contributed by atoms with E-state index in [4.69, 9.17) is 11.6 Å². The van der Waals surface area contributed by atoms with Gasteiger partial charge in [0.15, 0.2) is 0 Å². The normalized spacial score (nSPS) is 12.8. The van der Waals surface area contributed by atoms with Gasteiger partial charge in [0.05, 0.1) is 11.6 Å². The van der Waals surface area contributed by atoms with E-state index in [1.165, 1.54) is 25.7 Å². The molecule has 0 spiro atoms. The van der Waals surface area contributed by atoms with Crippen molar-refractivity contribution in [2.75, 3.05) is 0 Å². The lowest BCUT2D eigenvalue weighted by Crippen LogP contribution is -2.00. The van der Waals surface area contributed by atoms with Gasteiger partial charge < -0.3 is 5.11 Å². The Morgan fingerprint density at radius 3 is 2.75 bits per heavy atom. The maximum atomic E-state index is 10.4. The number of hydrogen-bond acceptors (Lipinski definition) is 2. The first-order valence-corrected chi connectivity index (χ1v) is 7.83. The highest BCUT2D eigenvalue weighted by Gasteiger charge is 2.13. The Hall–Kier alpha value is -1.12. The minimum Gasteiger partial charge on any atom is -0.388 e. The van der Waals surface area contributed by atoms with Crippen LogP contribution in [0.3, 0.4) is 0 Å². The molecule has 2 aromatic rings. The van der Waals surface area contributed by atoms with Gasteiger partial charge >= 0.3 is 0 Å². The van der Waals surface area contributed by atoms with Gasteiger partial charge in [-0.25, -0.2) is 0 Å². The van der Waals surface area contributed by atoms with Crippen LogP contribution < -0.4 is 0 Å². The summed E-state index contributed by atoms with van der Waals surface area (Å²) in [4.78, 5) is 4.38. The largest absolute Gasteiger partial charge is 0.388 e. The van der Waals surface area contributed by atoms with Crippen LogP contribution in [0, 0.1) is 0 Å². The highest BCUT2D eigenvalue weighted by atomic mass is 35.5. The van der Waals surface area contributed by atoms with Gasteiger partial charge in [-0.1, -0.05) is 56.7 Å². The fourth-order valence-corrected chi connectivity index (χ4v) is 2.74. The summed E-state index contributed by atoms with van der Waals surface area (Å²) < 4.78 is 0. The lowest BCUT2D eigenvalue weighted by molar-refractivity contribution is 0.164.